The number of fused-ring (bicyclic) bond motifs is 9. The molecule has 232 valence electrons. The molecule has 0 amide bonds. The smallest absolute Gasteiger partial charge is 0.161 e. The van der Waals surface area contributed by atoms with Gasteiger partial charge in [0.25, 0.3) is 0 Å². The molecule has 0 unspecified atom stereocenters. The van der Waals surface area contributed by atoms with Gasteiger partial charge in [-0.3, -0.25) is 0 Å². The molecule has 0 aliphatic carbocycles. The van der Waals surface area contributed by atoms with E-state index in [4.69, 9.17) is 9.97 Å². The second-order valence-electron chi connectivity index (χ2n) is 13.0. The van der Waals surface area contributed by atoms with Crippen molar-refractivity contribution >= 4 is 85.8 Å². The predicted octanol–water partition coefficient (Wildman–Crippen LogP) is 12.7. The van der Waals surface area contributed by atoms with E-state index in [0.29, 0.717) is 0 Å². The highest BCUT2D eigenvalue weighted by atomic mass is 32.1. The highest BCUT2D eigenvalue weighted by Gasteiger charge is 2.20. The molecule has 3 heterocycles. The summed E-state index contributed by atoms with van der Waals surface area (Å²) in [5.74, 6) is 0.723. The van der Waals surface area contributed by atoms with E-state index in [1.54, 1.807) is 0 Å². The first-order valence-corrected chi connectivity index (χ1v) is 17.7. The first-order valence-electron chi connectivity index (χ1n) is 16.9. The number of aromatic nitrogens is 3. The fourth-order valence-corrected chi connectivity index (χ4v) is 9.10. The Balaban J connectivity index is 1.22. The summed E-state index contributed by atoms with van der Waals surface area (Å²) in [6.07, 6.45) is 0. The monoisotopic (exact) mass is 653 g/mol. The van der Waals surface area contributed by atoms with Gasteiger partial charge < -0.3 is 4.57 Å². The molecule has 0 N–H and O–H groups in total. The quantitative estimate of drug-likeness (QED) is 0.190. The van der Waals surface area contributed by atoms with Gasteiger partial charge in [0, 0.05) is 53.1 Å². The van der Waals surface area contributed by atoms with E-state index in [1.165, 1.54) is 52.8 Å². The fraction of sp³-hybridized carbons (Fsp3) is 0. The van der Waals surface area contributed by atoms with Crippen molar-refractivity contribution in [1.82, 2.24) is 14.5 Å². The molecule has 0 saturated heterocycles. The van der Waals surface area contributed by atoms with Crippen molar-refractivity contribution in [2.75, 3.05) is 0 Å². The SMILES string of the molecule is c1ccc2cc3c(cc2c1)c1ccccc1n3-c1cc(-c2nc(-c3cccc4c3sc3ccccc34)c3ccccc3n2)c2ccccc2c1. The number of benzene rings is 8. The van der Waals surface area contributed by atoms with Crippen LogP contribution in [0, 0.1) is 0 Å². The third kappa shape index (κ3) is 4.03. The Kier molecular flexibility index (Phi) is 5.83. The van der Waals surface area contributed by atoms with Crippen LogP contribution in [0.15, 0.2) is 164 Å². The largest absolute Gasteiger partial charge is 0.309 e. The van der Waals surface area contributed by atoms with E-state index in [2.05, 4.69) is 168 Å². The van der Waals surface area contributed by atoms with Crippen molar-refractivity contribution < 1.29 is 0 Å². The summed E-state index contributed by atoms with van der Waals surface area (Å²) in [5, 5.41) is 10.8. The van der Waals surface area contributed by atoms with Gasteiger partial charge in [0.15, 0.2) is 5.82 Å². The Morgan fingerprint density at radius 1 is 0.420 bits per heavy atom. The third-order valence-corrected chi connectivity index (χ3v) is 11.4. The van der Waals surface area contributed by atoms with Gasteiger partial charge in [-0.1, -0.05) is 121 Å². The molecule has 0 radical (unpaired) electrons. The molecule has 0 fully saturated rings. The molecule has 0 aliphatic heterocycles. The summed E-state index contributed by atoms with van der Waals surface area (Å²) in [6, 6.07) is 58.9. The second-order valence-corrected chi connectivity index (χ2v) is 14.0. The molecule has 0 bridgehead atoms. The maximum absolute atomic E-state index is 5.49. The molecule has 0 aliphatic rings. The van der Waals surface area contributed by atoms with Crippen molar-refractivity contribution in [3.8, 4) is 28.3 Å². The number of para-hydroxylation sites is 2. The maximum Gasteiger partial charge on any atom is 0.161 e. The number of thiophene rings is 1. The first kappa shape index (κ1) is 27.6. The van der Waals surface area contributed by atoms with Gasteiger partial charge >= 0.3 is 0 Å². The van der Waals surface area contributed by atoms with Gasteiger partial charge in [-0.15, -0.1) is 11.3 Å². The lowest BCUT2D eigenvalue weighted by atomic mass is 10.0. The van der Waals surface area contributed by atoms with E-state index in [1.807, 2.05) is 11.3 Å². The van der Waals surface area contributed by atoms with E-state index in [0.717, 1.165) is 50.0 Å². The molecule has 3 nitrogen and oxygen atoms in total. The summed E-state index contributed by atoms with van der Waals surface area (Å²) < 4.78 is 4.94. The van der Waals surface area contributed by atoms with Crippen molar-refractivity contribution in [3.05, 3.63) is 164 Å². The van der Waals surface area contributed by atoms with E-state index in [9.17, 15) is 0 Å². The Hall–Kier alpha value is -6.36. The van der Waals surface area contributed by atoms with Crippen molar-refractivity contribution in [2.24, 2.45) is 0 Å². The number of rotatable bonds is 3. The predicted molar refractivity (Wildman–Crippen MR) is 213 cm³/mol. The topological polar surface area (TPSA) is 30.7 Å². The van der Waals surface area contributed by atoms with Gasteiger partial charge in [0.05, 0.1) is 22.2 Å². The summed E-state index contributed by atoms with van der Waals surface area (Å²) in [4.78, 5) is 10.8. The van der Waals surface area contributed by atoms with Crippen LogP contribution in [-0.2, 0) is 0 Å². The molecular formula is C46H27N3S. The number of hydrogen-bond acceptors (Lipinski definition) is 3. The zero-order valence-electron chi connectivity index (χ0n) is 26.8. The van der Waals surface area contributed by atoms with E-state index in [-0.39, 0.29) is 0 Å². The lowest BCUT2D eigenvalue weighted by Crippen LogP contribution is -1.99. The minimum absolute atomic E-state index is 0.723. The highest BCUT2D eigenvalue weighted by Crippen LogP contribution is 2.43. The van der Waals surface area contributed by atoms with Gasteiger partial charge in [0.1, 0.15) is 0 Å². The molecular weight excluding hydrogens is 627 g/mol. The molecule has 11 rings (SSSR count). The molecule has 50 heavy (non-hydrogen) atoms. The van der Waals surface area contributed by atoms with Crippen molar-refractivity contribution in [2.45, 2.75) is 0 Å². The van der Waals surface area contributed by atoms with Crippen molar-refractivity contribution in [1.29, 1.82) is 0 Å². The van der Waals surface area contributed by atoms with Crippen LogP contribution in [0.1, 0.15) is 0 Å². The summed E-state index contributed by atoms with van der Waals surface area (Å²) >= 11 is 1.84. The third-order valence-electron chi connectivity index (χ3n) is 10.1. The molecule has 0 saturated carbocycles. The Morgan fingerprint density at radius 2 is 1.10 bits per heavy atom. The van der Waals surface area contributed by atoms with Crippen LogP contribution in [0.2, 0.25) is 0 Å². The molecule has 4 heteroatoms. The van der Waals surface area contributed by atoms with E-state index < -0.39 is 0 Å². The van der Waals surface area contributed by atoms with Crippen LogP contribution >= 0.6 is 11.3 Å². The minimum Gasteiger partial charge on any atom is -0.309 e. The molecule has 11 aromatic rings. The molecule has 8 aromatic carbocycles. The van der Waals surface area contributed by atoms with Crippen LogP contribution in [-0.4, -0.2) is 14.5 Å². The zero-order valence-corrected chi connectivity index (χ0v) is 27.7. The standard InChI is InChI=1S/C46H27N3S/c1-2-13-29-26-42-38(25-28(29)12-1)33-16-6-9-22-41(33)49(42)31-24-30-14-3-4-15-32(30)39(27-31)46-47-40-21-8-5-18-36(40)44(48-46)37-20-11-19-35-34-17-7-10-23-43(34)50-45(35)37/h1-27H. The average molecular weight is 654 g/mol. The Morgan fingerprint density at radius 3 is 1.98 bits per heavy atom. The maximum atomic E-state index is 5.49. The molecule has 3 aromatic heterocycles. The minimum atomic E-state index is 0.723. The zero-order chi connectivity index (χ0) is 32.8. The average Bonchev–Trinajstić information content (AvgIpc) is 3.71. The number of nitrogens with zero attached hydrogens (tertiary/aromatic N) is 3. The van der Waals surface area contributed by atoms with Crippen molar-refractivity contribution in [3.63, 3.8) is 0 Å². The fourth-order valence-electron chi connectivity index (χ4n) is 7.88. The lowest BCUT2D eigenvalue weighted by molar-refractivity contribution is 1.18. The molecule has 0 atom stereocenters. The van der Waals surface area contributed by atoms with Gasteiger partial charge in [-0.2, -0.15) is 0 Å². The first-order chi connectivity index (χ1) is 24.8. The Bertz CT molecular complexity index is 3170. The molecule has 0 spiro atoms. The van der Waals surface area contributed by atoms with Gasteiger partial charge in [0.2, 0.25) is 0 Å². The van der Waals surface area contributed by atoms with Crippen LogP contribution in [0.5, 0.6) is 0 Å². The van der Waals surface area contributed by atoms with Crippen LogP contribution in [0.25, 0.3) is 103 Å². The van der Waals surface area contributed by atoms with Crippen LogP contribution in [0.3, 0.4) is 0 Å². The number of hydrogen-bond donors (Lipinski definition) is 0. The van der Waals surface area contributed by atoms with Crippen LogP contribution < -0.4 is 0 Å². The summed E-state index contributed by atoms with van der Waals surface area (Å²) in [7, 11) is 0. The highest BCUT2D eigenvalue weighted by molar-refractivity contribution is 7.26. The van der Waals surface area contributed by atoms with Gasteiger partial charge in [-0.25, -0.2) is 9.97 Å². The van der Waals surface area contributed by atoms with Gasteiger partial charge in [-0.05, 0) is 64.0 Å². The second kappa shape index (κ2) is 10.6. The van der Waals surface area contributed by atoms with E-state index >= 15 is 0 Å². The summed E-state index contributed by atoms with van der Waals surface area (Å²) in [6.45, 7) is 0. The van der Waals surface area contributed by atoms with Crippen LogP contribution in [0.4, 0.5) is 0 Å². The summed E-state index contributed by atoms with van der Waals surface area (Å²) in [5.41, 5.74) is 7.49. The normalized spacial score (nSPS) is 12.0. The lowest BCUT2D eigenvalue weighted by Gasteiger charge is -2.15. The Labute approximate surface area is 291 Å².